The molecule has 14 nitrogen and oxygen atoms in total. The summed E-state index contributed by atoms with van der Waals surface area (Å²) in [4.78, 5) is 93.6. The molecular weight excluding hydrogens is 747 g/mol. The molecule has 0 unspecified atom stereocenters. The van der Waals surface area contributed by atoms with E-state index in [1.165, 1.54) is 11.8 Å². The van der Waals surface area contributed by atoms with Gasteiger partial charge in [0.2, 0.25) is 23.6 Å². The van der Waals surface area contributed by atoms with E-state index in [4.69, 9.17) is 9.73 Å². The van der Waals surface area contributed by atoms with Crippen LogP contribution in [0.4, 0.5) is 4.79 Å². The fourth-order valence-corrected chi connectivity index (χ4v) is 8.97. The first-order valence-corrected chi connectivity index (χ1v) is 21.5. The number of Topliss-reactive ketones (excluding diaryl/α,β-unsaturated/α-hetero) is 1. The van der Waals surface area contributed by atoms with Crippen LogP contribution in [-0.4, -0.2) is 124 Å². The second-order valence-electron chi connectivity index (χ2n) is 16.4. The number of carbonyl (C=O) groups is 6. The zero-order chi connectivity index (χ0) is 41.4. The Morgan fingerprint density at radius 3 is 2.12 bits per heavy atom. The van der Waals surface area contributed by atoms with Crippen molar-refractivity contribution in [2.45, 2.75) is 134 Å². The second-order valence-corrected chi connectivity index (χ2v) is 17.4. The molecule has 1 aromatic carbocycles. The SMILES string of the molecule is C=CC(C)(C)OC[C@@H]1NC(=O)N[C@H]([C@@H](C)CC)C(=O)[C@@H]2CCCN2C(=O)[C@H]([C@H](C)CC)NC(=O)[C@@H]2CSC(=N2)[C@@H]2CCCN2C(=O)[C@H](Cc2ccccc2)NC1=O. The third-order valence-corrected chi connectivity index (χ3v) is 13.0. The van der Waals surface area contributed by atoms with Crippen LogP contribution in [0, 0.1) is 11.8 Å². The van der Waals surface area contributed by atoms with E-state index in [1.54, 1.807) is 29.7 Å². The van der Waals surface area contributed by atoms with Crippen molar-refractivity contribution in [3.63, 3.8) is 0 Å². The lowest BCUT2D eigenvalue weighted by atomic mass is 9.90. The molecule has 15 heteroatoms. The molecule has 2 fully saturated rings. The van der Waals surface area contributed by atoms with E-state index in [0.717, 1.165) is 5.56 Å². The molecule has 2 saturated heterocycles. The number of urea groups is 1. The molecule has 57 heavy (non-hydrogen) atoms. The molecule has 0 saturated carbocycles. The first-order valence-electron chi connectivity index (χ1n) is 20.5. The van der Waals surface area contributed by atoms with Gasteiger partial charge in [0, 0.05) is 25.3 Å². The molecule has 4 aliphatic heterocycles. The number of nitrogens with zero attached hydrogens (tertiary/aromatic N) is 3. The monoisotopic (exact) mass is 807 g/mol. The largest absolute Gasteiger partial charge is 0.369 e. The number of rotatable bonds is 10. The highest BCUT2D eigenvalue weighted by Gasteiger charge is 2.45. The van der Waals surface area contributed by atoms with Gasteiger partial charge in [-0.05, 0) is 56.9 Å². The Morgan fingerprint density at radius 1 is 0.842 bits per heavy atom. The van der Waals surface area contributed by atoms with Gasteiger partial charge in [0.1, 0.15) is 24.2 Å². The smallest absolute Gasteiger partial charge is 0.316 e. The molecule has 5 rings (SSSR count). The van der Waals surface area contributed by atoms with Crippen LogP contribution >= 0.6 is 11.8 Å². The molecule has 1 aromatic rings. The summed E-state index contributed by atoms with van der Waals surface area (Å²) in [6.45, 7) is 15.5. The number of amides is 6. The number of hydrogen-bond acceptors (Lipinski definition) is 9. The first-order chi connectivity index (χ1) is 27.2. The van der Waals surface area contributed by atoms with Gasteiger partial charge in [0.25, 0.3) is 0 Å². The van der Waals surface area contributed by atoms with Gasteiger partial charge in [-0.2, -0.15) is 0 Å². The van der Waals surface area contributed by atoms with E-state index < -0.39 is 53.8 Å². The summed E-state index contributed by atoms with van der Waals surface area (Å²) in [7, 11) is 0. The van der Waals surface area contributed by atoms with Crippen LogP contribution in [0.1, 0.15) is 85.6 Å². The van der Waals surface area contributed by atoms with E-state index >= 15 is 0 Å². The number of ketones is 1. The molecule has 9 atom stereocenters. The Morgan fingerprint density at radius 2 is 1.47 bits per heavy atom. The van der Waals surface area contributed by atoms with Gasteiger partial charge in [-0.3, -0.25) is 29.0 Å². The predicted octanol–water partition coefficient (Wildman–Crippen LogP) is 3.39. The molecule has 4 aliphatic rings. The predicted molar refractivity (Wildman–Crippen MR) is 221 cm³/mol. The lowest BCUT2D eigenvalue weighted by molar-refractivity contribution is -0.142. The topological polar surface area (TPSA) is 179 Å². The lowest BCUT2D eigenvalue weighted by Crippen LogP contribution is -2.61. The minimum Gasteiger partial charge on any atom is -0.369 e. The molecular formula is C42H61N7O7S. The highest BCUT2D eigenvalue weighted by Crippen LogP contribution is 2.31. The number of carbonyl (C=O) groups excluding carboxylic acids is 6. The van der Waals surface area contributed by atoms with Crippen LogP contribution in [0.3, 0.4) is 0 Å². The highest BCUT2D eigenvalue weighted by atomic mass is 32.2. The Hall–Kier alpha value is -4.24. The average molecular weight is 808 g/mol. The summed E-state index contributed by atoms with van der Waals surface area (Å²) in [6, 6.07) is 2.50. The molecule has 2 bridgehead atoms. The number of nitrogens with one attached hydrogen (secondary N) is 4. The maximum absolute atomic E-state index is 14.6. The average Bonchev–Trinajstić information content (AvgIpc) is 4.01. The lowest BCUT2D eigenvalue weighted by Gasteiger charge is -2.34. The normalized spacial score (nSPS) is 29.2. The van der Waals surface area contributed by atoms with Crippen molar-refractivity contribution in [3.05, 3.63) is 48.6 Å². The summed E-state index contributed by atoms with van der Waals surface area (Å²) in [5, 5.41) is 12.2. The van der Waals surface area contributed by atoms with Gasteiger partial charge < -0.3 is 35.8 Å². The van der Waals surface area contributed by atoms with Crippen LogP contribution in [0.5, 0.6) is 0 Å². The molecule has 4 N–H and O–H groups in total. The van der Waals surface area contributed by atoms with Crippen molar-refractivity contribution in [1.29, 1.82) is 0 Å². The quantitative estimate of drug-likeness (QED) is 0.260. The zero-order valence-corrected chi connectivity index (χ0v) is 35.1. The van der Waals surface area contributed by atoms with Gasteiger partial charge >= 0.3 is 6.03 Å². The number of fused-ring (bicyclic) bond motifs is 4. The standard InChI is InChI=1S/C42H61N7O7S/c1-8-25(4)33-35(50)31-18-14-20-48(31)40(54)34(26(5)9-2)46-37(52)30-24-57-38(44-30)32-19-15-21-49(32)39(53)28(22-27-16-12-11-13-17-27)43-36(51)29(45-41(55)47-33)23-56-42(6,7)10-3/h10-13,16-17,25-26,28-34H,3,8-9,14-15,18-24H2,1-2,4-7H3,(H,43,51)(H,46,52)(H2,45,47,55)/t25-,26+,28-,29-,30-,31-,32-,33+,34-/m0/s1. The molecule has 0 aliphatic carbocycles. The van der Waals surface area contributed by atoms with Crippen molar-refractivity contribution >= 4 is 52.2 Å². The van der Waals surface area contributed by atoms with Crippen molar-refractivity contribution in [2.24, 2.45) is 16.8 Å². The maximum Gasteiger partial charge on any atom is 0.316 e. The summed E-state index contributed by atoms with van der Waals surface area (Å²) >= 11 is 1.43. The maximum atomic E-state index is 14.6. The van der Waals surface area contributed by atoms with Crippen molar-refractivity contribution in [3.8, 4) is 0 Å². The van der Waals surface area contributed by atoms with E-state index in [0.29, 0.717) is 62.4 Å². The number of benzene rings is 1. The van der Waals surface area contributed by atoms with Crippen molar-refractivity contribution in [2.75, 3.05) is 25.4 Å². The molecule has 4 heterocycles. The molecule has 312 valence electrons. The number of aliphatic imine (C=N–C) groups is 1. The fraction of sp³-hybridized carbons (Fsp3) is 0.643. The molecule has 0 spiro atoms. The summed E-state index contributed by atoms with van der Waals surface area (Å²) in [6.07, 6.45) is 5.29. The van der Waals surface area contributed by atoms with Crippen LogP contribution in [0.2, 0.25) is 0 Å². The zero-order valence-electron chi connectivity index (χ0n) is 34.3. The number of thioether (sulfide) groups is 1. The van der Waals surface area contributed by atoms with Crippen molar-refractivity contribution < 1.29 is 33.5 Å². The third kappa shape index (κ3) is 10.6. The van der Waals surface area contributed by atoms with E-state index in [1.807, 2.05) is 58.0 Å². The van der Waals surface area contributed by atoms with Crippen LogP contribution in [0.25, 0.3) is 0 Å². The van der Waals surface area contributed by atoms with Gasteiger partial charge in [0.15, 0.2) is 5.78 Å². The highest BCUT2D eigenvalue weighted by molar-refractivity contribution is 8.14. The molecule has 0 radical (unpaired) electrons. The fourth-order valence-electron chi connectivity index (χ4n) is 7.77. The minimum absolute atomic E-state index is 0.185. The van der Waals surface area contributed by atoms with E-state index in [2.05, 4.69) is 27.8 Å². The van der Waals surface area contributed by atoms with Gasteiger partial charge in [-0.1, -0.05) is 76.9 Å². The Labute approximate surface area is 341 Å². The summed E-state index contributed by atoms with van der Waals surface area (Å²) in [5.74, 6) is -2.16. The van der Waals surface area contributed by atoms with Crippen LogP contribution in [0.15, 0.2) is 48.0 Å². The van der Waals surface area contributed by atoms with E-state index in [9.17, 15) is 28.8 Å². The van der Waals surface area contributed by atoms with Gasteiger partial charge in [-0.25, -0.2) is 4.79 Å². The van der Waals surface area contributed by atoms with Crippen LogP contribution in [-0.2, 0) is 35.1 Å². The second kappa shape index (κ2) is 19.5. The van der Waals surface area contributed by atoms with Gasteiger partial charge in [0.05, 0.1) is 35.4 Å². The first kappa shape index (κ1) is 43.9. The molecule has 0 aromatic heterocycles. The van der Waals surface area contributed by atoms with E-state index in [-0.39, 0.29) is 54.4 Å². The summed E-state index contributed by atoms with van der Waals surface area (Å²) in [5.41, 5.74) is -0.0221. The summed E-state index contributed by atoms with van der Waals surface area (Å²) < 4.78 is 6.05. The minimum atomic E-state index is -1.26. The number of hydrogen-bond donors (Lipinski definition) is 4. The molecule has 6 amide bonds. The number of ether oxygens (including phenoxy) is 1. The Balaban J connectivity index is 1.56. The van der Waals surface area contributed by atoms with Crippen molar-refractivity contribution in [1.82, 2.24) is 31.1 Å². The Bertz CT molecular complexity index is 1690. The Kier molecular flexibility index (Phi) is 15.0. The van der Waals surface area contributed by atoms with Crippen LogP contribution < -0.4 is 21.3 Å². The van der Waals surface area contributed by atoms with Gasteiger partial charge in [-0.15, -0.1) is 18.3 Å². The third-order valence-electron chi connectivity index (χ3n) is 11.9.